The fourth-order valence-corrected chi connectivity index (χ4v) is 4.73. The Morgan fingerprint density at radius 3 is 2.14 bits per heavy atom. The van der Waals surface area contributed by atoms with Gasteiger partial charge in [0.05, 0.1) is 17.7 Å². The van der Waals surface area contributed by atoms with Crippen molar-refractivity contribution in [1.82, 2.24) is 19.6 Å². The summed E-state index contributed by atoms with van der Waals surface area (Å²) in [5.41, 5.74) is 4.84. The molecule has 1 fully saturated rings. The van der Waals surface area contributed by atoms with E-state index in [2.05, 4.69) is 49.9 Å². The number of carbonyl (C=O) groups is 1. The average Bonchev–Trinajstić information content (AvgIpc) is 2.91. The molecule has 1 aliphatic rings. The largest absolute Gasteiger partial charge is 0.336 e. The summed E-state index contributed by atoms with van der Waals surface area (Å²) in [5, 5.41) is 6.33. The SMILES string of the molecule is Cc1ccc(-c2nn(CN3CCN(C(=O)c4ccc(C(C)C)cc4)CC3)c(=O)c3ccccc23)cc1. The Bertz CT molecular complexity index is 1430. The van der Waals surface area contributed by atoms with Gasteiger partial charge in [0, 0.05) is 42.7 Å². The van der Waals surface area contributed by atoms with Crippen LogP contribution in [0.5, 0.6) is 0 Å². The molecule has 0 atom stereocenters. The Balaban J connectivity index is 1.33. The minimum absolute atomic E-state index is 0.0626. The number of aromatic nitrogens is 2. The van der Waals surface area contributed by atoms with Crippen LogP contribution < -0.4 is 5.56 Å². The van der Waals surface area contributed by atoms with Gasteiger partial charge < -0.3 is 4.90 Å². The van der Waals surface area contributed by atoms with Crippen molar-refractivity contribution >= 4 is 16.7 Å². The molecule has 2 heterocycles. The van der Waals surface area contributed by atoms with Crippen LogP contribution in [0, 0.1) is 6.92 Å². The lowest BCUT2D eigenvalue weighted by Gasteiger charge is -2.34. The number of nitrogens with zero attached hydrogens (tertiary/aromatic N) is 4. The van der Waals surface area contributed by atoms with Crippen molar-refractivity contribution in [1.29, 1.82) is 0 Å². The molecule has 0 radical (unpaired) electrons. The van der Waals surface area contributed by atoms with Crippen LogP contribution in [0.3, 0.4) is 0 Å². The monoisotopic (exact) mass is 480 g/mol. The summed E-state index contributed by atoms with van der Waals surface area (Å²) in [5.74, 6) is 0.504. The molecule has 6 heteroatoms. The third-order valence-corrected chi connectivity index (χ3v) is 7.01. The first-order valence-electron chi connectivity index (χ1n) is 12.6. The molecular formula is C30H32N4O2. The first kappa shape index (κ1) is 23.9. The average molecular weight is 481 g/mol. The summed E-state index contributed by atoms with van der Waals surface area (Å²) < 4.78 is 1.57. The fourth-order valence-electron chi connectivity index (χ4n) is 4.73. The molecule has 6 nitrogen and oxygen atoms in total. The molecule has 0 unspecified atom stereocenters. The van der Waals surface area contributed by atoms with E-state index in [4.69, 9.17) is 5.10 Å². The van der Waals surface area contributed by atoms with Gasteiger partial charge in [0.25, 0.3) is 11.5 Å². The van der Waals surface area contributed by atoms with Gasteiger partial charge in [-0.25, -0.2) is 4.68 Å². The predicted octanol–water partition coefficient (Wildman–Crippen LogP) is 4.91. The van der Waals surface area contributed by atoms with Crippen LogP contribution >= 0.6 is 0 Å². The standard InChI is InChI=1S/C30H32N4O2/c1-21(2)23-12-14-25(15-13-23)29(35)33-18-16-32(17-19-33)20-34-30(36)27-7-5-4-6-26(27)28(31-34)24-10-8-22(3)9-11-24/h4-15,21H,16-20H2,1-3H3. The Kier molecular flexibility index (Phi) is 6.70. The number of benzene rings is 3. The predicted molar refractivity (Wildman–Crippen MR) is 144 cm³/mol. The fraction of sp³-hybridized carbons (Fsp3) is 0.300. The van der Waals surface area contributed by atoms with Crippen LogP contribution in [0.1, 0.15) is 41.3 Å². The number of aryl methyl sites for hydroxylation is 1. The molecule has 5 rings (SSSR count). The van der Waals surface area contributed by atoms with E-state index in [0.29, 0.717) is 44.2 Å². The van der Waals surface area contributed by atoms with Crippen molar-refractivity contribution in [3.8, 4) is 11.3 Å². The minimum atomic E-state index is -0.0924. The normalized spacial score (nSPS) is 14.5. The molecule has 0 aliphatic carbocycles. The molecule has 0 bridgehead atoms. The van der Waals surface area contributed by atoms with E-state index in [0.717, 1.165) is 22.2 Å². The van der Waals surface area contributed by atoms with Gasteiger partial charge in [0.15, 0.2) is 0 Å². The smallest absolute Gasteiger partial charge is 0.275 e. The van der Waals surface area contributed by atoms with Gasteiger partial charge in [0.1, 0.15) is 0 Å². The number of hydrogen-bond donors (Lipinski definition) is 0. The summed E-state index contributed by atoms with van der Waals surface area (Å²) in [6.07, 6.45) is 0. The lowest BCUT2D eigenvalue weighted by Crippen LogP contribution is -2.50. The van der Waals surface area contributed by atoms with Crippen molar-refractivity contribution in [3.05, 3.63) is 99.8 Å². The minimum Gasteiger partial charge on any atom is -0.336 e. The van der Waals surface area contributed by atoms with Gasteiger partial charge in [-0.2, -0.15) is 5.10 Å². The Morgan fingerprint density at radius 2 is 1.50 bits per heavy atom. The van der Waals surface area contributed by atoms with E-state index in [-0.39, 0.29) is 11.5 Å². The van der Waals surface area contributed by atoms with E-state index >= 15 is 0 Å². The van der Waals surface area contributed by atoms with E-state index in [1.807, 2.05) is 53.4 Å². The van der Waals surface area contributed by atoms with Gasteiger partial charge >= 0.3 is 0 Å². The van der Waals surface area contributed by atoms with Gasteiger partial charge in [-0.15, -0.1) is 0 Å². The molecule has 0 spiro atoms. The van der Waals surface area contributed by atoms with Crippen molar-refractivity contribution in [2.24, 2.45) is 0 Å². The van der Waals surface area contributed by atoms with Crippen LogP contribution in [0.4, 0.5) is 0 Å². The third-order valence-electron chi connectivity index (χ3n) is 7.01. The first-order chi connectivity index (χ1) is 17.4. The molecule has 4 aromatic rings. The summed E-state index contributed by atoms with van der Waals surface area (Å²) in [6, 6.07) is 23.8. The maximum absolute atomic E-state index is 13.3. The number of fused-ring (bicyclic) bond motifs is 1. The lowest BCUT2D eigenvalue weighted by atomic mass is 10.0. The van der Waals surface area contributed by atoms with Gasteiger partial charge in [-0.3, -0.25) is 14.5 Å². The Labute approximate surface area is 211 Å². The summed E-state index contributed by atoms with van der Waals surface area (Å²) >= 11 is 0. The highest BCUT2D eigenvalue weighted by Gasteiger charge is 2.23. The van der Waals surface area contributed by atoms with Gasteiger partial charge in [-0.05, 0) is 36.6 Å². The van der Waals surface area contributed by atoms with Crippen LogP contribution in [-0.4, -0.2) is 51.7 Å². The van der Waals surface area contributed by atoms with E-state index in [9.17, 15) is 9.59 Å². The summed E-state index contributed by atoms with van der Waals surface area (Å²) in [6.45, 7) is 9.38. The van der Waals surface area contributed by atoms with Crippen LogP contribution in [0.15, 0.2) is 77.6 Å². The van der Waals surface area contributed by atoms with Crippen molar-refractivity contribution in [2.75, 3.05) is 26.2 Å². The van der Waals surface area contributed by atoms with Crippen LogP contribution in [0.2, 0.25) is 0 Å². The van der Waals surface area contributed by atoms with Crippen molar-refractivity contribution in [3.63, 3.8) is 0 Å². The van der Waals surface area contributed by atoms with Gasteiger partial charge in [-0.1, -0.05) is 74.0 Å². The zero-order valence-electron chi connectivity index (χ0n) is 21.1. The Hall–Kier alpha value is -3.77. The highest BCUT2D eigenvalue weighted by Crippen LogP contribution is 2.25. The second kappa shape index (κ2) is 10.1. The van der Waals surface area contributed by atoms with Gasteiger partial charge in [0.2, 0.25) is 0 Å². The van der Waals surface area contributed by atoms with E-state index in [1.165, 1.54) is 11.1 Å². The molecule has 1 saturated heterocycles. The number of amides is 1. The zero-order valence-corrected chi connectivity index (χ0v) is 21.1. The zero-order chi connectivity index (χ0) is 25.2. The van der Waals surface area contributed by atoms with E-state index in [1.54, 1.807) is 4.68 Å². The molecule has 1 aliphatic heterocycles. The molecule has 1 amide bonds. The second-order valence-corrected chi connectivity index (χ2v) is 9.89. The second-order valence-electron chi connectivity index (χ2n) is 9.89. The number of carbonyl (C=O) groups excluding carboxylic acids is 1. The quantitative estimate of drug-likeness (QED) is 0.407. The Morgan fingerprint density at radius 1 is 0.861 bits per heavy atom. The molecule has 1 aromatic heterocycles. The van der Waals surface area contributed by atoms with Crippen molar-refractivity contribution in [2.45, 2.75) is 33.4 Å². The summed E-state index contributed by atoms with van der Waals surface area (Å²) in [4.78, 5) is 30.4. The van der Waals surface area contributed by atoms with Crippen LogP contribution in [0.25, 0.3) is 22.0 Å². The topological polar surface area (TPSA) is 58.4 Å². The maximum atomic E-state index is 13.3. The highest BCUT2D eigenvalue weighted by atomic mass is 16.2. The molecular weight excluding hydrogens is 448 g/mol. The number of rotatable bonds is 5. The molecule has 3 aromatic carbocycles. The molecule has 184 valence electrons. The maximum Gasteiger partial charge on any atom is 0.275 e. The number of piperazine rings is 1. The van der Waals surface area contributed by atoms with Crippen molar-refractivity contribution < 1.29 is 4.79 Å². The van der Waals surface area contributed by atoms with E-state index < -0.39 is 0 Å². The lowest BCUT2D eigenvalue weighted by molar-refractivity contribution is 0.0583. The highest BCUT2D eigenvalue weighted by molar-refractivity contribution is 5.94. The first-order valence-corrected chi connectivity index (χ1v) is 12.6. The third kappa shape index (κ3) is 4.82. The molecule has 0 N–H and O–H groups in total. The van der Waals surface area contributed by atoms with Crippen LogP contribution in [-0.2, 0) is 6.67 Å². The summed E-state index contributed by atoms with van der Waals surface area (Å²) in [7, 11) is 0. The molecule has 36 heavy (non-hydrogen) atoms. The molecule has 0 saturated carbocycles. The number of hydrogen-bond acceptors (Lipinski definition) is 4.